The summed E-state index contributed by atoms with van der Waals surface area (Å²) in [6, 6.07) is 11.8. The first kappa shape index (κ1) is 17.7. The Morgan fingerprint density at radius 3 is 2.48 bits per heavy atom. The number of anilines is 2. The summed E-state index contributed by atoms with van der Waals surface area (Å²) in [6.45, 7) is 3.14. The Bertz CT molecular complexity index is 667. The second kappa shape index (κ2) is 8.33. The van der Waals surface area contributed by atoms with Crippen LogP contribution in [0.3, 0.4) is 0 Å². The van der Waals surface area contributed by atoms with Crippen LogP contribution in [0.15, 0.2) is 41.8 Å². The Balaban J connectivity index is 1.51. The van der Waals surface area contributed by atoms with Crippen molar-refractivity contribution < 1.29 is 15.0 Å². The molecule has 7 heteroatoms. The van der Waals surface area contributed by atoms with E-state index in [0.717, 1.165) is 42.4 Å². The van der Waals surface area contributed by atoms with E-state index in [4.69, 9.17) is 5.11 Å². The van der Waals surface area contributed by atoms with Crippen LogP contribution in [-0.2, 0) is 0 Å². The maximum Gasteiger partial charge on any atom is 0.264 e. The van der Waals surface area contributed by atoms with E-state index in [0.29, 0.717) is 6.54 Å². The smallest absolute Gasteiger partial charge is 0.264 e. The molecule has 0 radical (unpaired) electrons. The molecular weight excluding hydrogens is 338 g/mol. The van der Waals surface area contributed by atoms with Gasteiger partial charge in [0.15, 0.2) is 0 Å². The van der Waals surface area contributed by atoms with Crippen molar-refractivity contribution in [3.63, 3.8) is 0 Å². The highest BCUT2D eigenvalue weighted by molar-refractivity contribution is 7.12. The third-order valence-electron chi connectivity index (χ3n) is 4.28. The fourth-order valence-electron chi connectivity index (χ4n) is 2.81. The zero-order valence-corrected chi connectivity index (χ0v) is 14.8. The zero-order valence-electron chi connectivity index (χ0n) is 14.0. The number of carbonyl (C=O) groups excluding carboxylic acids is 1. The summed E-state index contributed by atoms with van der Waals surface area (Å²) >= 11 is 1.49. The van der Waals surface area contributed by atoms with Gasteiger partial charge in [0.05, 0.1) is 17.6 Å². The Hall–Kier alpha value is -2.09. The minimum Gasteiger partial charge on any atom is -0.394 e. The van der Waals surface area contributed by atoms with Crippen molar-refractivity contribution in [1.29, 1.82) is 0 Å². The predicted octanol–water partition coefficient (Wildman–Crippen LogP) is 1.48. The minimum absolute atomic E-state index is 0.122. The molecule has 2 heterocycles. The molecule has 1 aromatic carbocycles. The molecule has 1 fully saturated rings. The van der Waals surface area contributed by atoms with Crippen LogP contribution in [0.2, 0.25) is 0 Å². The van der Waals surface area contributed by atoms with E-state index in [1.54, 1.807) is 0 Å². The second-order valence-electron chi connectivity index (χ2n) is 6.02. The van der Waals surface area contributed by atoms with Crippen molar-refractivity contribution in [3.8, 4) is 0 Å². The van der Waals surface area contributed by atoms with Gasteiger partial charge in [0, 0.05) is 44.1 Å². The molecule has 1 amide bonds. The lowest BCUT2D eigenvalue weighted by molar-refractivity contribution is 0.0751. The summed E-state index contributed by atoms with van der Waals surface area (Å²) in [5.41, 5.74) is 2.03. The molecule has 0 saturated carbocycles. The highest BCUT2D eigenvalue weighted by Gasteiger charge is 2.22. The summed E-state index contributed by atoms with van der Waals surface area (Å²) in [5, 5.41) is 23.2. The van der Waals surface area contributed by atoms with Crippen molar-refractivity contribution in [2.24, 2.45) is 0 Å². The fourth-order valence-corrected chi connectivity index (χ4v) is 3.50. The van der Waals surface area contributed by atoms with Crippen LogP contribution in [0.1, 0.15) is 9.67 Å². The second-order valence-corrected chi connectivity index (χ2v) is 6.97. The van der Waals surface area contributed by atoms with E-state index in [1.807, 2.05) is 46.7 Å². The molecule has 0 bridgehead atoms. The predicted molar refractivity (Wildman–Crippen MR) is 100 cm³/mol. The highest BCUT2D eigenvalue weighted by Crippen LogP contribution is 2.21. The van der Waals surface area contributed by atoms with E-state index in [-0.39, 0.29) is 12.5 Å². The number of carbonyl (C=O) groups is 1. The third kappa shape index (κ3) is 4.50. The third-order valence-corrected chi connectivity index (χ3v) is 5.14. The normalized spacial score (nSPS) is 15.9. The van der Waals surface area contributed by atoms with E-state index in [1.165, 1.54) is 11.3 Å². The van der Waals surface area contributed by atoms with Crippen LogP contribution >= 0.6 is 11.3 Å². The van der Waals surface area contributed by atoms with Gasteiger partial charge in [0.25, 0.3) is 5.91 Å². The van der Waals surface area contributed by atoms with Gasteiger partial charge in [-0.3, -0.25) is 4.79 Å². The summed E-state index contributed by atoms with van der Waals surface area (Å²) in [4.78, 5) is 17.4. The van der Waals surface area contributed by atoms with Gasteiger partial charge in [-0.25, -0.2) is 0 Å². The average molecular weight is 361 g/mol. The summed E-state index contributed by atoms with van der Waals surface area (Å²) in [7, 11) is 0. The van der Waals surface area contributed by atoms with Gasteiger partial charge in [-0.05, 0) is 35.7 Å². The maximum absolute atomic E-state index is 12.4. The van der Waals surface area contributed by atoms with Crippen molar-refractivity contribution in [3.05, 3.63) is 46.7 Å². The molecule has 2 aromatic rings. The fraction of sp³-hybridized carbons (Fsp3) is 0.389. The van der Waals surface area contributed by atoms with Crippen molar-refractivity contribution in [1.82, 2.24) is 4.90 Å². The molecule has 1 unspecified atom stereocenters. The molecule has 3 rings (SSSR count). The number of nitrogens with zero attached hydrogens (tertiary/aromatic N) is 2. The molecule has 1 atom stereocenters. The zero-order chi connectivity index (χ0) is 17.6. The number of hydrogen-bond acceptors (Lipinski definition) is 6. The molecule has 0 aliphatic carbocycles. The molecule has 1 aliphatic rings. The van der Waals surface area contributed by atoms with Crippen molar-refractivity contribution in [2.45, 2.75) is 6.10 Å². The van der Waals surface area contributed by atoms with Gasteiger partial charge < -0.3 is 25.3 Å². The molecule has 1 aromatic heterocycles. The lowest BCUT2D eigenvalue weighted by atomic mass is 10.2. The van der Waals surface area contributed by atoms with Gasteiger partial charge in [-0.1, -0.05) is 6.07 Å². The molecular formula is C18H23N3O3S. The Labute approximate surface area is 151 Å². The summed E-state index contributed by atoms with van der Waals surface area (Å²) < 4.78 is 0. The van der Waals surface area contributed by atoms with Gasteiger partial charge in [0.2, 0.25) is 0 Å². The SMILES string of the molecule is O=C(c1cccs1)N1CCN(c2ccc(NCC(O)CO)cc2)CC1. The first-order valence-corrected chi connectivity index (χ1v) is 9.26. The molecule has 1 saturated heterocycles. The van der Waals surface area contributed by atoms with Crippen LogP contribution in [-0.4, -0.2) is 66.5 Å². The Morgan fingerprint density at radius 2 is 1.88 bits per heavy atom. The lowest BCUT2D eigenvalue weighted by Crippen LogP contribution is -2.48. The number of thiophene rings is 1. The molecule has 1 aliphatic heterocycles. The van der Waals surface area contributed by atoms with E-state index < -0.39 is 6.10 Å². The number of nitrogens with one attached hydrogen (secondary N) is 1. The van der Waals surface area contributed by atoms with Gasteiger partial charge in [0.1, 0.15) is 0 Å². The van der Waals surface area contributed by atoms with Crippen LogP contribution in [0.5, 0.6) is 0 Å². The minimum atomic E-state index is -0.756. The largest absolute Gasteiger partial charge is 0.394 e. The number of hydrogen-bond donors (Lipinski definition) is 3. The van der Waals surface area contributed by atoms with Gasteiger partial charge in [-0.15, -0.1) is 11.3 Å². The number of rotatable bonds is 6. The van der Waals surface area contributed by atoms with Crippen molar-refractivity contribution in [2.75, 3.05) is 49.5 Å². The maximum atomic E-state index is 12.4. The number of piperazine rings is 1. The van der Waals surface area contributed by atoms with Crippen LogP contribution in [0.4, 0.5) is 11.4 Å². The van der Waals surface area contributed by atoms with E-state index >= 15 is 0 Å². The summed E-state index contributed by atoms with van der Waals surface area (Å²) in [6.07, 6.45) is -0.756. The number of aliphatic hydroxyl groups excluding tert-OH is 2. The van der Waals surface area contributed by atoms with Crippen LogP contribution < -0.4 is 10.2 Å². The van der Waals surface area contributed by atoms with Gasteiger partial charge >= 0.3 is 0 Å². The molecule has 0 spiro atoms. The lowest BCUT2D eigenvalue weighted by Gasteiger charge is -2.36. The molecule has 134 valence electrons. The molecule has 6 nitrogen and oxygen atoms in total. The molecule has 3 N–H and O–H groups in total. The van der Waals surface area contributed by atoms with Gasteiger partial charge in [-0.2, -0.15) is 0 Å². The first-order chi connectivity index (χ1) is 12.2. The number of benzene rings is 1. The highest BCUT2D eigenvalue weighted by atomic mass is 32.1. The topological polar surface area (TPSA) is 76.0 Å². The van der Waals surface area contributed by atoms with E-state index in [2.05, 4.69) is 10.2 Å². The number of amides is 1. The van der Waals surface area contributed by atoms with Crippen LogP contribution in [0, 0.1) is 0 Å². The quantitative estimate of drug-likeness (QED) is 0.727. The number of aliphatic hydroxyl groups is 2. The van der Waals surface area contributed by atoms with E-state index in [9.17, 15) is 9.90 Å². The monoisotopic (exact) mass is 361 g/mol. The Kier molecular flexibility index (Phi) is 5.91. The average Bonchev–Trinajstić information content (AvgIpc) is 3.21. The standard InChI is InChI=1S/C18H23N3O3S/c22-13-16(23)12-19-14-3-5-15(6-4-14)20-7-9-21(10-8-20)18(24)17-2-1-11-25-17/h1-6,11,16,19,22-23H,7-10,12-13H2. The van der Waals surface area contributed by atoms with Crippen molar-refractivity contribution >= 4 is 28.6 Å². The van der Waals surface area contributed by atoms with Crippen LogP contribution in [0.25, 0.3) is 0 Å². The molecule has 25 heavy (non-hydrogen) atoms. The summed E-state index contributed by atoms with van der Waals surface area (Å²) in [5.74, 6) is 0.122. The first-order valence-electron chi connectivity index (χ1n) is 8.38. The Morgan fingerprint density at radius 1 is 1.16 bits per heavy atom.